The zero-order chi connectivity index (χ0) is 24.8. The second-order valence-corrected chi connectivity index (χ2v) is 8.51. The molecule has 3 aromatic carbocycles. The average molecular weight is 493 g/mol. The molecule has 0 spiro atoms. The molecule has 0 atom stereocenters. The summed E-state index contributed by atoms with van der Waals surface area (Å²) in [4.78, 5) is 0. The number of benzene rings is 3. The number of rotatable bonds is 10. The predicted octanol–water partition coefficient (Wildman–Crippen LogP) is 6.74. The highest BCUT2D eigenvalue weighted by atomic mass is 19.3. The smallest absolute Gasteiger partial charge is 0.387 e. The largest absolute Gasteiger partial charge is 0.432 e. The van der Waals surface area contributed by atoms with E-state index in [1.165, 1.54) is 6.07 Å². The van der Waals surface area contributed by atoms with Gasteiger partial charge >= 0.3 is 6.61 Å². The summed E-state index contributed by atoms with van der Waals surface area (Å²) in [5, 5.41) is 1.19. The van der Waals surface area contributed by atoms with Crippen molar-refractivity contribution in [3.05, 3.63) is 76.9 Å². The third-order valence-corrected chi connectivity index (χ3v) is 5.94. The molecule has 1 aliphatic heterocycles. The Morgan fingerprint density at radius 3 is 2.49 bits per heavy atom. The Hall–Kier alpha value is -2.68. The molecule has 1 aliphatic rings. The minimum atomic E-state index is -3.10. The van der Waals surface area contributed by atoms with E-state index in [1.807, 2.05) is 12.1 Å². The molecule has 0 aliphatic carbocycles. The number of ether oxygens (including phenoxy) is 4. The van der Waals surface area contributed by atoms with Crippen LogP contribution in [-0.4, -0.2) is 32.5 Å². The molecule has 1 fully saturated rings. The zero-order valence-electron chi connectivity index (χ0n) is 19.4. The maximum Gasteiger partial charge on any atom is 0.387 e. The Bertz CT molecular complexity index is 1130. The summed E-state index contributed by atoms with van der Waals surface area (Å²) in [7, 11) is 0. The second kappa shape index (κ2) is 11.8. The average Bonchev–Trinajstić information content (AvgIpc) is 2.85. The molecule has 0 N–H and O–H groups in total. The van der Waals surface area contributed by atoms with Gasteiger partial charge in [-0.2, -0.15) is 8.78 Å². The van der Waals surface area contributed by atoms with Crippen molar-refractivity contribution >= 4 is 10.8 Å². The lowest BCUT2D eigenvalue weighted by Gasteiger charge is -2.29. The Morgan fingerprint density at radius 1 is 0.971 bits per heavy atom. The molecule has 4 nitrogen and oxygen atoms in total. The normalized spacial score (nSPS) is 18.3. The van der Waals surface area contributed by atoms with Gasteiger partial charge in [0.05, 0.1) is 13.2 Å². The Balaban J connectivity index is 1.39. The summed E-state index contributed by atoms with van der Waals surface area (Å²) < 4.78 is 75.2. The van der Waals surface area contributed by atoms with Gasteiger partial charge in [0.2, 0.25) is 0 Å². The number of fused-ring (bicyclic) bond motifs is 1. The molecule has 0 amide bonds. The molecule has 8 heteroatoms. The van der Waals surface area contributed by atoms with Crippen LogP contribution in [0.4, 0.5) is 17.6 Å². The maximum absolute atomic E-state index is 15.2. The first-order chi connectivity index (χ1) is 16.9. The van der Waals surface area contributed by atoms with Crippen molar-refractivity contribution < 1.29 is 36.5 Å². The van der Waals surface area contributed by atoms with Gasteiger partial charge in [-0.25, -0.2) is 8.78 Å². The predicted molar refractivity (Wildman–Crippen MR) is 124 cm³/mol. The molecule has 0 radical (unpaired) electrons. The van der Waals surface area contributed by atoms with Crippen molar-refractivity contribution in [3.8, 4) is 5.75 Å². The van der Waals surface area contributed by atoms with Crippen molar-refractivity contribution in [2.75, 3.05) is 19.8 Å². The van der Waals surface area contributed by atoms with E-state index in [1.54, 1.807) is 18.2 Å². The number of hydrogen-bond donors (Lipinski definition) is 0. The Labute approximate surface area is 201 Å². The molecule has 1 heterocycles. The lowest BCUT2D eigenvalue weighted by Crippen LogP contribution is -2.33. The molecule has 35 heavy (non-hydrogen) atoms. The molecule has 3 aromatic rings. The molecule has 188 valence electrons. The minimum absolute atomic E-state index is 0.0835. The van der Waals surface area contributed by atoms with E-state index in [-0.39, 0.29) is 11.9 Å². The first kappa shape index (κ1) is 25.4. The highest BCUT2D eigenvalue weighted by Crippen LogP contribution is 2.30. The van der Waals surface area contributed by atoms with Crippen molar-refractivity contribution in [3.63, 3.8) is 0 Å². The number of unbranched alkanes of at least 4 members (excludes halogenated alkanes) is 1. The van der Waals surface area contributed by atoms with Crippen LogP contribution in [0.25, 0.3) is 10.8 Å². The molecular formula is C27H28F4O4. The van der Waals surface area contributed by atoms with Crippen LogP contribution in [0.1, 0.15) is 42.7 Å². The molecule has 1 saturated heterocycles. The van der Waals surface area contributed by atoms with Crippen LogP contribution >= 0.6 is 0 Å². The van der Waals surface area contributed by atoms with Crippen LogP contribution in [0.5, 0.6) is 5.75 Å². The zero-order valence-corrected chi connectivity index (χ0v) is 19.4. The lowest BCUT2D eigenvalue weighted by molar-refractivity contribution is -0.230. The van der Waals surface area contributed by atoms with Crippen molar-refractivity contribution in [2.24, 2.45) is 0 Å². The molecule has 0 unspecified atom stereocenters. The van der Waals surface area contributed by atoms with E-state index in [0.717, 1.165) is 35.9 Å². The monoisotopic (exact) mass is 492 g/mol. The highest BCUT2D eigenvalue weighted by Gasteiger charge is 2.24. The van der Waals surface area contributed by atoms with Crippen LogP contribution in [0.2, 0.25) is 0 Å². The second-order valence-electron chi connectivity index (χ2n) is 8.51. The number of hydrogen-bond acceptors (Lipinski definition) is 4. The summed E-state index contributed by atoms with van der Waals surface area (Å²) >= 11 is 0. The molecule has 0 bridgehead atoms. The number of aryl methyl sites for hydroxylation is 2. The Morgan fingerprint density at radius 2 is 1.77 bits per heavy atom. The van der Waals surface area contributed by atoms with Crippen LogP contribution in [0.3, 0.4) is 0 Å². The minimum Gasteiger partial charge on any atom is -0.432 e. The van der Waals surface area contributed by atoms with Gasteiger partial charge in [0.1, 0.15) is 11.9 Å². The van der Waals surface area contributed by atoms with Crippen LogP contribution in [0, 0.1) is 11.6 Å². The number of halogens is 4. The van der Waals surface area contributed by atoms with Gasteiger partial charge < -0.3 is 18.9 Å². The van der Waals surface area contributed by atoms with E-state index < -0.39 is 24.5 Å². The number of alkyl halides is 2. The van der Waals surface area contributed by atoms with Gasteiger partial charge in [-0.3, -0.25) is 0 Å². The SMILES string of the molecule is CCCCOC1COC(c2ccc3c(F)c(CCc4ccc(OC(F)F)c(F)c4)ccc3c2)OC1. The quantitative estimate of drug-likeness (QED) is 0.232. The van der Waals surface area contributed by atoms with E-state index in [2.05, 4.69) is 11.7 Å². The summed E-state index contributed by atoms with van der Waals surface area (Å²) in [6.07, 6.45) is 2.12. The molecule has 0 saturated carbocycles. The van der Waals surface area contributed by atoms with Crippen molar-refractivity contribution in [1.82, 2.24) is 0 Å². The fraction of sp³-hybridized carbons (Fsp3) is 0.407. The molecule has 0 aromatic heterocycles. The van der Waals surface area contributed by atoms with Crippen molar-refractivity contribution in [1.29, 1.82) is 0 Å². The molecular weight excluding hydrogens is 464 g/mol. The topological polar surface area (TPSA) is 36.9 Å². The summed E-state index contributed by atoms with van der Waals surface area (Å²) in [6, 6.07) is 12.7. The van der Waals surface area contributed by atoms with Crippen LogP contribution < -0.4 is 4.74 Å². The van der Waals surface area contributed by atoms with E-state index in [0.29, 0.717) is 49.2 Å². The van der Waals surface area contributed by atoms with Crippen LogP contribution in [-0.2, 0) is 27.1 Å². The Kier molecular flexibility index (Phi) is 8.59. The van der Waals surface area contributed by atoms with Gasteiger partial charge in [-0.05, 0) is 54.0 Å². The fourth-order valence-electron chi connectivity index (χ4n) is 4.03. The van der Waals surface area contributed by atoms with Gasteiger partial charge in [0.15, 0.2) is 17.9 Å². The summed E-state index contributed by atoms with van der Waals surface area (Å²) in [5.74, 6) is -1.73. The maximum atomic E-state index is 15.2. The van der Waals surface area contributed by atoms with E-state index >= 15 is 4.39 Å². The van der Waals surface area contributed by atoms with E-state index in [9.17, 15) is 13.2 Å². The van der Waals surface area contributed by atoms with Gasteiger partial charge in [0, 0.05) is 17.6 Å². The van der Waals surface area contributed by atoms with Crippen molar-refractivity contribution in [2.45, 2.75) is 51.6 Å². The third-order valence-electron chi connectivity index (χ3n) is 5.94. The summed E-state index contributed by atoms with van der Waals surface area (Å²) in [6.45, 7) is 0.573. The highest BCUT2D eigenvalue weighted by molar-refractivity contribution is 5.84. The molecule has 4 rings (SSSR count). The van der Waals surface area contributed by atoms with Gasteiger partial charge in [-0.1, -0.05) is 43.7 Å². The lowest BCUT2D eigenvalue weighted by atomic mass is 9.99. The van der Waals surface area contributed by atoms with Gasteiger partial charge in [-0.15, -0.1) is 0 Å². The van der Waals surface area contributed by atoms with Crippen LogP contribution in [0.15, 0.2) is 48.5 Å². The van der Waals surface area contributed by atoms with E-state index in [4.69, 9.17) is 14.2 Å². The fourth-order valence-corrected chi connectivity index (χ4v) is 4.03. The summed E-state index contributed by atoms with van der Waals surface area (Å²) in [5.41, 5.74) is 1.84. The van der Waals surface area contributed by atoms with Gasteiger partial charge in [0.25, 0.3) is 0 Å². The third kappa shape index (κ3) is 6.51. The first-order valence-corrected chi connectivity index (χ1v) is 11.7. The first-order valence-electron chi connectivity index (χ1n) is 11.7. The standard InChI is InChI=1S/C27H28F4O4/c1-2-3-12-32-21-15-33-26(34-16-21)20-9-10-22-19(14-20)8-7-18(25(22)29)6-4-17-5-11-24(23(28)13-17)35-27(30)31/h5,7-11,13-14,21,26-27H,2-4,6,12,15-16H2,1H3.